The minimum atomic E-state index is -0.882. The van der Waals surface area contributed by atoms with Gasteiger partial charge < -0.3 is 10.1 Å². The van der Waals surface area contributed by atoms with Gasteiger partial charge in [0, 0.05) is 12.4 Å². The molecule has 3 aromatic heterocycles. The van der Waals surface area contributed by atoms with E-state index in [1.165, 1.54) is 16.2 Å². The zero-order valence-corrected chi connectivity index (χ0v) is 18.4. The van der Waals surface area contributed by atoms with Gasteiger partial charge in [0.15, 0.2) is 5.76 Å². The Hall–Kier alpha value is -3.85. The van der Waals surface area contributed by atoms with E-state index in [2.05, 4.69) is 19.9 Å². The number of hydrogen-bond acceptors (Lipinski definition) is 7. The molecule has 1 aromatic carbocycles. The molecule has 1 unspecified atom stereocenters. The van der Waals surface area contributed by atoms with Crippen LogP contribution in [0.4, 0.5) is 5.95 Å². The van der Waals surface area contributed by atoms with E-state index in [1.807, 2.05) is 32.0 Å². The lowest BCUT2D eigenvalue weighted by Gasteiger charge is -2.24. The van der Waals surface area contributed by atoms with Gasteiger partial charge in [0.05, 0.1) is 38.2 Å². The Balaban J connectivity index is 1.68. The van der Waals surface area contributed by atoms with Gasteiger partial charge in [-0.2, -0.15) is 0 Å². The molecule has 0 fully saturated rings. The number of thiazole rings is 1. The summed E-state index contributed by atoms with van der Waals surface area (Å²) in [5, 5.41) is 11.6. The molecule has 1 aliphatic heterocycles. The van der Waals surface area contributed by atoms with Crippen molar-refractivity contribution in [2.45, 2.75) is 26.8 Å². The number of fused-ring (bicyclic) bond motifs is 1. The quantitative estimate of drug-likeness (QED) is 0.457. The number of benzene rings is 1. The standard InChI is InChI=1S/C23H19N5O3S/c1-11-6-7-15-16(9-11)27-23(26-15)28-18(14-5-4-8-24-10-14)17(20(30)22(28)31)19(29)21-12(2)25-13(3)32-21/h4-10,18,30H,1-3H3,(H,26,27). The molecular formula is C23H19N5O3S. The molecule has 8 nitrogen and oxygen atoms in total. The smallest absolute Gasteiger partial charge is 0.296 e. The van der Waals surface area contributed by atoms with Crippen LogP contribution in [0.2, 0.25) is 0 Å². The molecular weight excluding hydrogens is 426 g/mol. The summed E-state index contributed by atoms with van der Waals surface area (Å²) >= 11 is 1.24. The molecule has 0 radical (unpaired) electrons. The minimum Gasteiger partial charge on any atom is -0.503 e. The number of aromatic amines is 1. The van der Waals surface area contributed by atoms with Crippen LogP contribution >= 0.6 is 11.3 Å². The zero-order valence-electron chi connectivity index (χ0n) is 17.6. The first kappa shape index (κ1) is 20.1. The number of aliphatic hydroxyl groups is 1. The number of pyridine rings is 1. The minimum absolute atomic E-state index is 0.00798. The van der Waals surface area contributed by atoms with Gasteiger partial charge in [0.2, 0.25) is 11.7 Å². The Kier molecular flexibility index (Phi) is 4.63. The van der Waals surface area contributed by atoms with Crippen molar-refractivity contribution in [3.05, 3.63) is 80.8 Å². The van der Waals surface area contributed by atoms with Gasteiger partial charge in [-0.1, -0.05) is 12.1 Å². The Morgan fingerprint density at radius 2 is 2.00 bits per heavy atom. The van der Waals surface area contributed by atoms with Gasteiger partial charge in [-0.25, -0.2) is 9.97 Å². The van der Waals surface area contributed by atoms with E-state index in [4.69, 9.17) is 0 Å². The van der Waals surface area contributed by atoms with Crippen LogP contribution in [0.1, 0.15) is 37.5 Å². The van der Waals surface area contributed by atoms with Crippen molar-refractivity contribution >= 4 is 40.0 Å². The highest BCUT2D eigenvalue weighted by atomic mass is 32.1. The Labute approximate surface area is 187 Å². The summed E-state index contributed by atoms with van der Waals surface area (Å²) in [7, 11) is 0. The zero-order chi connectivity index (χ0) is 22.6. The number of aromatic nitrogens is 4. The lowest BCUT2D eigenvalue weighted by atomic mass is 9.96. The molecule has 1 atom stereocenters. The number of Topliss-reactive ketones (excluding diaryl/α,β-unsaturated/α-hetero) is 1. The van der Waals surface area contributed by atoms with Crippen molar-refractivity contribution in [1.82, 2.24) is 19.9 Å². The van der Waals surface area contributed by atoms with E-state index >= 15 is 0 Å². The number of nitrogens with one attached hydrogen (secondary N) is 1. The molecule has 32 heavy (non-hydrogen) atoms. The van der Waals surface area contributed by atoms with Gasteiger partial charge in [-0.3, -0.25) is 19.5 Å². The lowest BCUT2D eigenvalue weighted by Crippen LogP contribution is -2.32. The molecule has 4 heterocycles. The Morgan fingerprint density at radius 3 is 2.69 bits per heavy atom. The topological polar surface area (TPSA) is 112 Å². The molecule has 0 aliphatic carbocycles. The molecule has 1 aliphatic rings. The van der Waals surface area contributed by atoms with E-state index in [9.17, 15) is 14.7 Å². The van der Waals surface area contributed by atoms with Gasteiger partial charge in [-0.05, 0) is 50.1 Å². The van der Waals surface area contributed by atoms with Crippen LogP contribution in [-0.2, 0) is 4.79 Å². The summed E-state index contributed by atoms with van der Waals surface area (Å²) in [5.74, 6) is -1.47. The average Bonchev–Trinajstić information content (AvgIpc) is 3.41. The number of carbonyl (C=O) groups is 2. The molecule has 0 saturated carbocycles. The van der Waals surface area contributed by atoms with Gasteiger partial charge >= 0.3 is 0 Å². The Bertz CT molecular complexity index is 1420. The molecule has 4 aromatic rings. The fraction of sp³-hybridized carbons (Fsp3) is 0.174. The van der Waals surface area contributed by atoms with Crippen molar-refractivity contribution in [3.8, 4) is 0 Å². The van der Waals surface area contributed by atoms with Crippen molar-refractivity contribution < 1.29 is 14.7 Å². The second-order valence-electron chi connectivity index (χ2n) is 7.68. The third-order valence-electron chi connectivity index (χ3n) is 5.42. The van der Waals surface area contributed by atoms with Crippen molar-refractivity contribution in [1.29, 1.82) is 0 Å². The van der Waals surface area contributed by atoms with Gasteiger partial charge in [-0.15, -0.1) is 11.3 Å². The normalized spacial score (nSPS) is 16.4. The summed E-state index contributed by atoms with van der Waals surface area (Å²) < 4.78 is 0. The predicted molar refractivity (Wildman–Crippen MR) is 121 cm³/mol. The van der Waals surface area contributed by atoms with Crippen molar-refractivity contribution in [3.63, 3.8) is 0 Å². The van der Waals surface area contributed by atoms with E-state index in [1.54, 1.807) is 31.5 Å². The maximum absolute atomic E-state index is 13.5. The van der Waals surface area contributed by atoms with E-state index in [-0.39, 0.29) is 11.5 Å². The number of aryl methyl sites for hydroxylation is 3. The summed E-state index contributed by atoms with van der Waals surface area (Å²) in [6.45, 7) is 5.51. The number of H-pyrrole nitrogens is 1. The molecule has 5 rings (SSSR count). The number of imidazole rings is 1. The van der Waals surface area contributed by atoms with Crippen LogP contribution in [0.5, 0.6) is 0 Å². The van der Waals surface area contributed by atoms with Crippen LogP contribution in [0.25, 0.3) is 11.0 Å². The predicted octanol–water partition coefficient (Wildman–Crippen LogP) is 4.12. The fourth-order valence-electron chi connectivity index (χ4n) is 4.00. The number of aliphatic hydroxyl groups excluding tert-OH is 1. The highest BCUT2D eigenvalue weighted by Crippen LogP contribution is 2.42. The number of hydrogen-bond donors (Lipinski definition) is 2. The summed E-state index contributed by atoms with van der Waals surface area (Å²) in [4.78, 5) is 44.7. The first-order chi connectivity index (χ1) is 15.3. The largest absolute Gasteiger partial charge is 0.503 e. The van der Waals surface area contributed by atoms with E-state index < -0.39 is 23.5 Å². The summed E-state index contributed by atoms with van der Waals surface area (Å²) in [5.41, 5.74) is 3.61. The number of rotatable bonds is 4. The third kappa shape index (κ3) is 3.09. The first-order valence-corrected chi connectivity index (χ1v) is 10.8. The second kappa shape index (κ2) is 7.38. The number of ketones is 1. The van der Waals surface area contributed by atoms with Crippen LogP contribution in [0.15, 0.2) is 54.1 Å². The third-order valence-corrected chi connectivity index (χ3v) is 6.49. The summed E-state index contributed by atoms with van der Waals surface area (Å²) in [6, 6.07) is 8.31. The lowest BCUT2D eigenvalue weighted by molar-refractivity contribution is -0.117. The van der Waals surface area contributed by atoms with Crippen LogP contribution in [-0.4, -0.2) is 36.7 Å². The molecule has 0 saturated heterocycles. The van der Waals surface area contributed by atoms with Crippen molar-refractivity contribution in [2.75, 3.05) is 4.90 Å². The number of amides is 1. The van der Waals surface area contributed by atoms with Crippen LogP contribution in [0, 0.1) is 20.8 Å². The van der Waals surface area contributed by atoms with Crippen LogP contribution in [0.3, 0.4) is 0 Å². The molecule has 160 valence electrons. The maximum Gasteiger partial charge on any atom is 0.296 e. The highest BCUT2D eigenvalue weighted by Gasteiger charge is 2.46. The summed E-state index contributed by atoms with van der Waals surface area (Å²) in [6.07, 6.45) is 3.19. The molecule has 0 spiro atoms. The number of anilines is 1. The van der Waals surface area contributed by atoms with Gasteiger partial charge in [0.1, 0.15) is 0 Å². The fourth-order valence-corrected chi connectivity index (χ4v) is 4.87. The monoisotopic (exact) mass is 445 g/mol. The SMILES string of the molecule is Cc1ccc2nc(N3C(=O)C(O)=C(C(=O)c4sc(C)nc4C)C3c3cccnc3)[nH]c2c1. The maximum atomic E-state index is 13.5. The van der Waals surface area contributed by atoms with Crippen LogP contribution < -0.4 is 4.90 Å². The Morgan fingerprint density at radius 1 is 1.19 bits per heavy atom. The molecule has 9 heteroatoms. The average molecular weight is 446 g/mol. The van der Waals surface area contributed by atoms with E-state index in [0.717, 1.165) is 16.1 Å². The van der Waals surface area contributed by atoms with E-state index in [0.29, 0.717) is 21.7 Å². The second-order valence-corrected chi connectivity index (χ2v) is 8.89. The van der Waals surface area contributed by atoms with Gasteiger partial charge in [0.25, 0.3) is 5.91 Å². The molecule has 2 N–H and O–H groups in total. The number of nitrogens with zero attached hydrogens (tertiary/aromatic N) is 4. The molecule has 1 amide bonds. The molecule has 0 bridgehead atoms. The first-order valence-electron chi connectivity index (χ1n) is 9.97. The number of carbonyl (C=O) groups excluding carboxylic acids is 2. The highest BCUT2D eigenvalue weighted by molar-refractivity contribution is 7.14. The van der Waals surface area contributed by atoms with Crippen molar-refractivity contribution in [2.24, 2.45) is 0 Å².